The van der Waals surface area contributed by atoms with E-state index < -0.39 is 5.79 Å². The monoisotopic (exact) mass is 381 g/mol. The first-order valence-corrected chi connectivity index (χ1v) is 9.46. The topological polar surface area (TPSA) is 80.8 Å². The van der Waals surface area contributed by atoms with E-state index in [4.69, 9.17) is 9.47 Å². The summed E-state index contributed by atoms with van der Waals surface area (Å²) >= 11 is 0. The molecule has 2 aliphatic heterocycles. The second-order valence-electron chi connectivity index (χ2n) is 7.13. The van der Waals surface area contributed by atoms with Crippen LogP contribution in [0.2, 0.25) is 0 Å². The van der Waals surface area contributed by atoms with Gasteiger partial charge in [0.15, 0.2) is 5.79 Å². The lowest BCUT2D eigenvalue weighted by molar-refractivity contribution is -0.181. The summed E-state index contributed by atoms with van der Waals surface area (Å²) in [6.45, 7) is 4.25. The molecule has 2 aromatic rings. The molecular formula is C21H23N3O4. The quantitative estimate of drug-likeness (QED) is 0.884. The third kappa shape index (κ3) is 3.76. The fourth-order valence-electron chi connectivity index (χ4n) is 3.61. The largest absolute Gasteiger partial charge is 0.347 e. The van der Waals surface area contributed by atoms with Crippen LogP contribution in [0.3, 0.4) is 0 Å². The van der Waals surface area contributed by atoms with Gasteiger partial charge >= 0.3 is 0 Å². The number of amides is 2. The minimum atomic E-state index is -0.524. The lowest BCUT2D eigenvalue weighted by Crippen LogP contribution is -2.47. The van der Waals surface area contributed by atoms with Crippen LogP contribution in [0.15, 0.2) is 42.7 Å². The zero-order valence-electron chi connectivity index (χ0n) is 15.8. The maximum atomic E-state index is 12.9. The summed E-state index contributed by atoms with van der Waals surface area (Å²) in [6, 6.07) is 9.13. The van der Waals surface area contributed by atoms with Crippen molar-refractivity contribution in [1.29, 1.82) is 0 Å². The first-order valence-electron chi connectivity index (χ1n) is 9.46. The molecule has 7 heteroatoms. The van der Waals surface area contributed by atoms with Gasteiger partial charge in [0, 0.05) is 44.0 Å². The van der Waals surface area contributed by atoms with Gasteiger partial charge in [0.2, 0.25) is 0 Å². The zero-order chi connectivity index (χ0) is 19.6. The second kappa shape index (κ2) is 7.69. The first-order chi connectivity index (χ1) is 13.6. The molecular weight excluding hydrogens is 358 g/mol. The summed E-state index contributed by atoms with van der Waals surface area (Å²) in [6.07, 6.45) is 4.27. The Morgan fingerprint density at radius 3 is 2.46 bits per heavy atom. The minimum absolute atomic E-state index is 0.133. The van der Waals surface area contributed by atoms with Gasteiger partial charge in [-0.25, -0.2) is 0 Å². The number of carbonyl (C=O) groups excluding carboxylic acids is 2. The summed E-state index contributed by atoms with van der Waals surface area (Å²) < 4.78 is 11.4. The molecule has 2 fully saturated rings. The third-order valence-corrected chi connectivity index (χ3v) is 5.27. The minimum Gasteiger partial charge on any atom is -0.347 e. The molecule has 0 bridgehead atoms. The SMILES string of the molecule is Cc1ccccc1NC(=O)c1cncc(C(=O)N2CCC3(CC2)OCCO3)c1. The summed E-state index contributed by atoms with van der Waals surface area (Å²) in [5.41, 5.74) is 2.46. The van der Waals surface area contributed by atoms with E-state index >= 15 is 0 Å². The van der Waals surface area contributed by atoms with Crippen LogP contribution in [0.5, 0.6) is 0 Å². The molecule has 2 amide bonds. The van der Waals surface area contributed by atoms with Crippen molar-refractivity contribution in [2.75, 3.05) is 31.6 Å². The average Bonchev–Trinajstić information content (AvgIpc) is 3.18. The van der Waals surface area contributed by atoms with Crippen molar-refractivity contribution in [1.82, 2.24) is 9.88 Å². The number of aryl methyl sites for hydroxylation is 1. The van der Waals surface area contributed by atoms with Crippen LogP contribution < -0.4 is 5.32 Å². The molecule has 3 heterocycles. The molecule has 0 unspecified atom stereocenters. The molecule has 0 saturated carbocycles. The van der Waals surface area contributed by atoms with Crippen molar-refractivity contribution < 1.29 is 19.1 Å². The Balaban J connectivity index is 1.44. The number of benzene rings is 1. The lowest BCUT2D eigenvalue weighted by Gasteiger charge is -2.37. The normalized spacial score (nSPS) is 18.2. The van der Waals surface area contributed by atoms with Crippen LogP contribution >= 0.6 is 0 Å². The molecule has 4 rings (SSSR count). The molecule has 2 aliphatic rings. The van der Waals surface area contributed by atoms with Crippen molar-refractivity contribution in [3.63, 3.8) is 0 Å². The molecule has 1 aromatic heterocycles. The standard InChI is InChI=1S/C21H23N3O4/c1-15-4-2-3-5-18(15)23-19(25)16-12-17(14-22-13-16)20(26)24-8-6-21(7-9-24)27-10-11-28-21/h2-5,12-14H,6-11H2,1H3,(H,23,25). The Kier molecular flexibility index (Phi) is 5.11. The lowest BCUT2D eigenvalue weighted by atomic mass is 10.0. The second-order valence-corrected chi connectivity index (χ2v) is 7.13. The Morgan fingerprint density at radius 1 is 1.07 bits per heavy atom. The number of anilines is 1. The van der Waals surface area contributed by atoms with E-state index in [-0.39, 0.29) is 11.8 Å². The molecule has 1 spiro atoms. The Morgan fingerprint density at radius 2 is 1.75 bits per heavy atom. The predicted molar refractivity (Wildman–Crippen MR) is 103 cm³/mol. The summed E-state index contributed by atoms with van der Waals surface area (Å²) in [4.78, 5) is 31.3. The number of pyridine rings is 1. The van der Waals surface area contributed by atoms with Crippen LogP contribution in [0.25, 0.3) is 0 Å². The fourth-order valence-corrected chi connectivity index (χ4v) is 3.61. The molecule has 2 saturated heterocycles. The van der Waals surface area contributed by atoms with E-state index in [1.807, 2.05) is 31.2 Å². The molecule has 1 aromatic carbocycles. The van der Waals surface area contributed by atoms with Crippen molar-refractivity contribution in [2.24, 2.45) is 0 Å². The van der Waals surface area contributed by atoms with Crippen molar-refractivity contribution in [2.45, 2.75) is 25.6 Å². The maximum absolute atomic E-state index is 12.9. The van der Waals surface area contributed by atoms with Crippen molar-refractivity contribution in [3.8, 4) is 0 Å². The number of rotatable bonds is 3. The van der Waals surface area contributed by atoms with Crippen LogP contribution in [0.1, 0.15) is 39.1 Å². The Bertz CT molecular complexity index is 883. The number of ether oxygens (including phenoxy) is 2. The summed E-state index contributed by atoms with van der Waals surface area (Å²) in [5.74, 6) is -0.947. The third-order valence-electron chi connectivity index (χ3n) is 5.27. The molecule has 0 radical (unpaired) electrons. The molecule has 0 aliphatic carbocycles. The van der Waals surface area contributed by atoms with Gasteiger partial charge in [-0.15, -0.1) is 0 Å². The molecule has 0 atom stereocenters. The van der Waals surface area contributed by atoms with E-state index in [0.29, 0.717) is 50.3 Å². The Hall–Kier alpha value is -2.77. The number of aromatic nitrogens is 1. The highest BCUT2D eigenvalue weighted by atomic mass is 16.7. The number of piperidine rings is 1. The number of carbonyl (C=O) groups is 2. The van der Waals surface area contributed by atoms with Crippen molar-refractivity contribution >= 4 is 17.5 Å². The van der Waals surface area contributed by atoms with Gasteiger partial charge in [0.25, 0.3) is 11.8 Å². The molecule has 7 nitrogen and oxygen atoms in total. The smallest absolute Gasteiger partial charge is 0.257 e. The number of nitrogens with one attached hydrogen (secondary N) is 1. The number of hydrogen-bond donors (Lipinski definition) is 1. The van der Waals surface area contributed by atoms with Gasteiger partial charge in [-0.05, 0) is 24.6 Å². The van der Waals surface area contributed by atoms with Crippen LogP contribution in [-0.4, -0.2) is 53.8 Å². The summed E-state index contributed by atoms with van der Waals surface area (Å²) in [5, 5.41) is 2.87. The van der Waals surface area contributed by atoms with Gasteiger partial charge in [-0.2, -0.15) is 0 Å². The summed E-state index contributed by atoms with van der Waals surface area (Å²) in [7, 11) is 0. The van der Waals surface area contributed by atoms with Gasteiger partial charge in [-0.3, -0.25) is 14.6 Å². The van der Waals surface area contributed by atoms with Gasteiger partial charge in [-0.1, -0.05) is 18.2 Å². The van der Waals surface area contributed by atoms with Crippen LogP contribution in [0, 0.1) is 6.92 Å². The van der Waals surface area contributed by atoms with E-state index in [1.165, 1.54) is 12.4 Å². The number of para-hydroxylation sites is 1. The number of hydrogen-bond acceptors (Lipinski definition) is 5. The van der Waals surface area contributed by atoms with Crippen LogP contribution in [-0.2, 0) is 9.47 Å². The molecule has 28 heavy (non-hydrogen) atoms. The predicted octanol–water partition coefficient (Wildman–Crippen LogP) is 2.62. The van der Waals surface area contributed by atoms with E-state index in [1.54, 1.807) is 11.0 Å². The van der Waals surface area contributed by atoms with E-state index in [0.717, 1.165) is 11.3 Å². The average molecular weight is 381 g/mol. The van der Waals surface area contributed by atoms with E-state index in [9.17, 15) is 9.59 Å². The highest BCUT2D eigenvalue weighted by Gasteiger charge is 2.40. The van der Waals surface area contributed by atoms with Gasteiger partial charge in [0.1, 0.15) is 0 Å². The van der Waals surface area contributed by atoms with Crippen molar-refractivity contribution in [3.05, 3.63) is 59.4 Å². The number of nitrogens with zero attached hydrogens (tertiary/aromatic N) is 2. The van der Waals surface area contributed by atoms with Crippen LogP contribution in [0.4, 0.5) is 5.69 Å². The first kappa shape index (κ1) is 18.6. The van der Waals surface area contributed by atoms with E-state index in [2.05, 4.69) is 10.3 Å². The van der Waals surface area contributed by atoms with Gasteiger partial charge in [0.05, 0.1) is 24.3 Å². The highest BCUT2D eigenvalue weighted by molar-refractivity contribution is 6.06. The Labute approximate surface area is 163 Å². The number of likely N-dealkylation sites (tertiary alicyclic amines) is 1. The van der Waals surface area contributed by atoms with Gasteiger partial charge < -0.3 is 19.7 Å². The maximum Gasteiger partial charge on any atom is 0.257 e. The molecule has 1 N–H and O–H groups in total. The fraction of sp³-hybridized carbons (Fsp3) is 0.381. The highest BCUT2D eigenvalue weighted by Crippen LogP contribution is 2.31. The molecule has 146 valence electrons. The zero-order valence-corrected chi connectivity index (χ0v) is 15.8.